The molecule has 65 heavy (non-hydrogen) atoms. The molecule has 0 aliphatic carbocycles. The van der Waals surface area contributed by atoms with Crippen molar-refractivity contribution in [3.05, 3.63) is 85.1 Å². The number of rotatable bonds is 3. The zero-order valence-electron chi connectivity index (χ0n) is 37.6. The molecular formula is C47H73NO17. The van der Waals surface area contributed by atoms with Gasteiger partial charge in [0.05, 0.1) is 79.6 Å². The molecule has 0 unspecified atom stereocenters. The summed E-state index contributed by atoms with van der Waals surface area (Å²) in [5.74, 6) is -6.83. The number of aliphatic hydroxyl groups is 10. The van der Waals surface area contributed by atoms with E-state index in [-0.39, 0.29) is 31.6 Å². The van der Waals surface area contributed by atoms with E-state index in [0.29, 0.717) is 0 Å². The van der Waals surface area contributed by atoms with Gasteiger partial charge in [-0.25, -0.2) is 0 Å². The summed E-state index contributed by atoms with van der Waals surface area (Å²) in [6, 6.07) is -1.15. The third kappa shape index (κ3) is 18.6. The Balaban J connectivity index is 1.86. The second kappa shape index (κ2) is 27.4. The van der Waals surface area contributed by atoms with E-state index in [2.05, 4.69) is 0 Å². The minimum atomic E-state index is -2.33. The number of aliphatic carboxylic acids is 1. The lowest BCUT2D eigenvalue weighted by Gasteiger charge is -2.45. The van der Waals surface area contributed by atoms with Crippen LogP contribution in [0, 0.1) is 17.8 Å². The number of carbonyl (C=O) groups excluding carboxylic acids is 1. The normalized spacial score (nSPS) is 45.5. The van der Waals surface area contributed by atoms with Gasteiger partial charge in [-0.3, -0.25) is 9.59 Å². The summed E-state index contributed by atoms with van der Waals surface area (Å²) in [6.45, 7) is 6.74. The molecule has 3 rings (SSSR count). The van der Waals surface area contributed by atoms with E-state index in [1.54, 1.807) is 80.7 Å². The van der Waals surface area contributed by atoms with Crippen molar-refractivity contribution in [1.82, 2.24) is 0 Å². The predicted octanol–water partition coefficient (Wildman–Crippen LogP) is 0.712. The number of carboxylic acid groups (broad SMARTS) is 1. The van der Waals surface area contributed by atoms with Gasteiger partial charge in [-0.15, -0.1) is 0 Å². The lowest BCUT2D eigenvalue weighted by molar-refractivity contribution is -0.308. The number of nitrogens with two attached hydrogens (primary N) is 1. The Bertz CT molecular complexity index is 1670. The molecule has 18 heteroatoms. The number of carbonyl (C=O) groups is 2. The first kappa shape index (κ1) is 55.9. The van der Waals surface area contributed by atoms with Gasteiger partial charge in [0.1, 0.15) is 18.1 Å². The molecule has 2 fully saturated rings. The molecule has 18 nitrogen and oxygen atoms in total. The molecule has 2 bridgehead atoms. The maximum absolute atomic E-state index is 12.6. The van der Waals surface area contributed by atoms with Crippen LogP contribution in [0.2, 0.25) is 0 Å². The van der Waals surface area contributed by atoms with E-state index in [4.69, 9.17) is 24.7 Å². The van der Waals surface area contributed by atoms with Crippen molar-refractivity contribution in [3.8, 4) is 0 Å². The van der Waals surface area contributed by atoms with Crippen molar-refractivity contribution in [3.63, 3.8) is 0 Å². The highest BCUT2D eigenvalue weighted by atomic mass is 16.7. The SMILES string of the molecule is C[C@@H]1[C@H](O)[C@@H](C)/C=C/C=C/C=C/C=C/C=C/C=C/C=C/[C@H](O[C@@H]2O[C@H](C)[C@@H](O)[C@H](N)[C@@H]2O)C[C@@H]2O[C@](O)(C[C@@H](O)C[C@@H](O)[C@H](O)CC[C@@H](O)C[C@@H](O)CC(=O)O[C@H]1C)C[C@H](O)[C@@H]2C(=O)O. The van der Waals surface area contributed by atoms with Crippen LogP contribution in [-0.4, -0.2) is 166 Å². The molecule has 0 amide bonds. The summed E-state index contributed by atoms with van der Waals surface area (Å²) >= 11 is 0. The molecular weight excluding hydrogens is 851 g/mol. The average Bonchev–Trinajstić information content (AvgIpc) is 3.21. The van der Waals surface area contributed by atoms with Crippen LogP contribution in [0.5, 0.6) is 0 Å². The molecule has 3 heterocycles. The third-order valence-electron chi connectivity index (χ3n) is 12.0. The molecule has 0 saturated carbocycles. The van der Waals surface area contributed by atoms with Crippen molar-refractivity contribution < 1.29 is 84.7 Å². The van der Waals surface area contributed by atoms with Gasteiger partial charge < -0.3 is 80.9 Å². The fourth-order valence-electron chi connectivity index (χ4n) is 7.97. The van der Waals surface area contributed by atoms with E-state index in [1.165, 1.54) is 13.0 Å². The van der Waals surface area contributed by atoms with E-state index in [0.717, 1.165) is 0 Å². The smallest absolute Gasteiger partial charge is 0.311 e. The fourth-order valence-corrected chi connectivity index (χ4v) is 7.97. The van der Waals surface area contributed by atoms with Gasteiger partial charge in [-0.2, -0.15) is 0 Å². The second-order valence-electron chi connectivity index (χ2n) is 17.6. The maximum atomic E-state index is 12.6. The maximum Gasteiger partial charge on any atom is 0.311 e. The topological polar surface area (TPSA) is 320 Å². The van der Waals surface area contributed by atoms with Crippen molar-refractivity contribution in [2.75, 3.05) is 0 Å². The molecule has 19 atom stereocenters. The molecule has 3 aliphatic heterocycles. The number of carboxylic acids is 1. The van der Waals surface area contributed by atoms with Crippen LogP contribution in [0.3, 0.4) is 0 Å². The molecule has 0 aromatic carbocycles. The molecule has 13 N–H and O–H groups in total. The first-order chi connectivity index (χ1) is 30.6. The number of cyclic esters (lactones) is 1. The van der Waals surface area contributed by atoms with Crippen LogP contribution >= 0.6 is 0 Å². The van der Waals surface area contributed by atoms with Crippen molar-refractivity contribution in [1.29, 1.82) is 0 Å². The first-order valence-corrected chi connectivity index (χ1v) is 22.3. The Morgan fingerprint density at radius 1 is 0.662 bits per heavy atom. The Hall–Kier alpha value is -3.44. The van der Waals surface area contributed by atoms with Crippen molar-refractivity contribution in [2.45, 2.75) is 177 Å². The van der Waals surface area contributed by atoms with Gasteiger partial charge in [0.2, 0.25) is 0 Å². The fraction of sp³-hybridized carbons (Fsp3) is 0.660. The third-order valence-corrected chi connectivity index (χ3v) is 12.0. The molecule has 0 aromatic heterocycles. The van der Waals surface area contributed by atoms with Crippen LogP contribution in [0.1, 0.15) is 79.1 Å². The molecule has 368 valence electrons. The zero-order chi connectivity index (χ0) is 48.4. The lowest BCUT2D eigenvalue weighted by atomic mass is 9.82. The van der Waals surface area contributed by atoms with E-state index in [9.17, 15) is 65.8 Å². The Labute approximate surface area is 381 Å². The Morgan fingerprint density at radius 3 is 1.82 bits per heavy atom. The summed E-state index contributed by atoms with van der Waals surface area (Å²) in [7, 11) is 0. The van der Waals surface area contributed by atoms with Crippen LogP contribution < -0.4 is 5.73 Å². The Morgan fingerprint density at radius 2 is 1.23 bits per heavy atom. The van der Waals surface area contributed by atoms with Gasteiger partial charge >= 0.3 is 11.9 Å². The summed E-state index contributed by atoms with van der Waals surface area (Å²) in [6.07, 6.45) is 3.46. The summed E-state index contributed by atoms with van der Waals surface area (Å²) in [5, 5.41) is 118. The summed E-state index contributed by atoms with van der Waals surface area (Å²) in [4.78, 5) is 25.1. The van der Waals surface area contributed by atoms with Gasteiger partial charge in [0.15, 0.2) is 12.1 Å². The summed E-state index contributed by atoms with van der Waals surface area (Å²) < 4.78 is 23.1. The minimum absolute atomic E-state index is 0.107. The van der Waals surface area contributed by atoms with E-state index < -0.39 is 147 Å². The standard InChI is InChI=1S/C47H73NO17/c1-27-17-15-13-11-9-7-5-6-8-10-12-14-16-18-34(64-46-44(58)41(48)43(57)30(4)63-46)24-38-40(45(59)60)37(54)26-47(61,65-38)25-33(51)22-36(53)35(52)20-19-31(49)21-32(50)23-39(55)62-29(3)28(2)42(27)56/h5-18,27-38,40-44,46,49-54,56-58,61H,19-26,48H2,1-4H3,(H,59,60)/b6-5+,9-7+,10-8+,13-11+,14-12+,17-15+,18-16+/t27-,28-,29-,30+,31+,32+,33-,34-,35+,36+,37-,38-,40-,41-,42+,43+,44-,46-,47+/m0/s1. The van der Waals surface area contributed by atoms with Crippen molar-refractivity contribution in [2.24, 2.45) is 23.5 Å². The number of hydrogen-bond donors (Lipinski definition) is 12. The zero-order valence-corrected chi connectivity index (χ0v) is 37.6. The van der Waals surface area contributed by atoms with Gasteiger partial charge in [-0.1, -0.05) is 98.9 Å². The predicted molar refractivity (Wildman–Crippen MR) is 237 cm³/mol. The average molecular weight is 924 g/mol. The highest BCUT2D eigenvalue weighted by Crippen LogP contribution is 2.38. The van der Waals surface area contributed by atoms with Gasteiger partial charge in [0.25, 0.3) is 0 Å². The molecule has 0 aromatic rings. The summed E-state index contributed by atoms with van der Waals surface area (Å²) in [5.41, 5.74) is 6.02. The number of allylic oxidation sites excluding steroid dienone is 12. The molecule has 3 aliphatic rings. The number of fused-ring (bicyclic) bond motifs is 2. The quantitative estimate of drug-likeness (QED) is 0.174. The number of hydrogen-bond acceptors (Lipinski definition) is 17. The van der Waals surface area contributed by atoms with Gasteiger partial charge in [0, 0.05) is 37.5 Å². The molecule has 0 spiro atoms. The Kier molecular flexibility index (Phi) is 23.6. The molecule has 2 saturated heterocycles. The lowest BCUT2D eigenvalue weighted by Crippen LogP contribution is -2.61. The van der Waals surface area contributed by atoms with Crippen molar-refractivity contribution >= 4 is 11.9 Å². The highest BCUT2D eigenvalue weighted by molar-refractivity contribution is 5.71. The van der Waals surface area contributed by atoms with Crippen LogP contribution in [0.15, 0.2) is 85.1 Å². The minimum Gasteiger partial charge on any atom is -0.481 e. The highest BCUT2D eigenvalue weighted by Gasteiger charge is 2.51. The number of esters is 1. The second-order valence-corrected chi connectivity index (χ2v) is 17.6. The van der Waals surface area contributed by atoms with Crippen LogP contribution in [-0.2, 0) is 28.5 Å². The van der Waals surface area contributed by atoms with Crippen LogP contribution in [0.4, 0.5) is 0 Å². The largest absolute Gasteiger partial charge is 0.481 e. The number of ether oxygens (including phenoxy) is 4. The first-order valence-electron chi connectivity index (χ1n) is 22.3. The monoisotopic (exact) mass is 923 g/mol. The number of aliphatic hydroxyl groups excluding tert-OH is 9. The van der Waals surface area contributed by atoms with Gasteiger partial charge in [-0.05, 0) is 33.1 Å². The van der Waals surface area contributed by atoms with E-state index >= 15 is 0 Å². The van der Waals surface area contributed by atoms with E-state index in [1.807, 2.05) is 19.1 Å². The van der Waals surface area contributed by atoms with Crippen LogP contribution in [0.25, 0.3) is 0 Å². The molecule has 0 radical (unpaired) electrons.